The molecule has 122 valence electrons. The molecule has 5 nitrogen and oxygen atoms in total. The van der Waals surface area contributed by atoms with Crippen molar-refractivity contribution in [3.05, 3.63) is 40.4 Å². The van der Waals surface area contributed by atoms with E-state index in [0.29, 0.717) is 29.1 Å². The molecule has 0 radical (unpaired) electrons. The normalized spacial score (nSPS) is 15.2. The third-order valence-electron chi connectivity index (χ3n) is 4.15. The quantitative estimate of drug-likeness (QED) is 0.795. The summed E-state index contributed by atoms with van der Waals surface area (Å²) < 4.78 is 6.76. The number of benzene rings is 1. The number of ether oxygens (including phenoxy) is 1. The Morgan fingerprint density at radius 1 is 1.35 bits per heavy atom. The molecule has 1 aromatic heterocycles. The van der Waals surface area contributed by atoms with Gasteiger partial charge in [0.15, 0.2) is 0 Å². The van der Waals surface area contributed by atoms with Crippen LogP contribution >= 0.6 is 11.8 Å². The fraction of sp³-hybridized carbons (Fsp3) is 0.471. The Morgan fingerprint density at radius 2 is 2.09 bits per heavy atom. The van der Waals surface area contributed by atoms with Gasteiger partial charge >= 0.3 is 5.30 Å². The molecule has 1 aromatic carbocycles. The smallest absolute Gasteiger partial charge is 0.367 e. The molecule has 1 heterocycles. The first kappa shape index (κ1) is 16.1. The van der Waals surface area contributed by atoms with Crippen LogP contribution in [0.1, 0.15) is 44.5 Å². The van der Waals surface area contributed by atoms with Crippen molar-refractivity contribution >= 4 is 28.0 Å². The summed E-state index contributed by atoms with van der Waals surface area (Å²) in [7, 11) is 0. The Morgan fingerprint density at radius 3 is 2.83 bits per heavy atom. The van der Waals surface area contributed by atoms with Crippen LogP contribution in [0.3, 0.4) is 0 Å². The Kier molecular flexibility index (Phi) is 5.00. The molecule has 3 rings (SSSR count). The number of nitrogens with zero attached hydrogens (tertiary/aromatic N) is 2. The molecular weight excluding hydrogens is 312 g/mol. The molecule has 1 fully saturated rings. The summed E-state index contributed by atoms with van der Waals surface area (Å²) in [6.07, 6.45) is 4.26. The third-order valence-corrected chi connectivity index (χ3v) is 4.91. The van der Waals surface area contributed by atoms with E-state index in [2.05, 4.69) is 4.98 Å². The second-order valence-electron chi connectivity index (χ2n) is 5.63. The highest BCUT2D eigenvalue weighted by Gasteiger charge is 2.23. The van der Waals surface area contributed by atoms with Gasteiger partial charge < -0.3 is 4.74 Å². The maximum atomic E-state index is 12.9. The second kappa shape index (κ2) is 7.17. The zero-order valence-electron chi connectivity index (χ0n) is 13.2. The molecule has 0 spiro atoms. The highest BCUT2D eigenvalue weighted by Crippen LogP contribution is 2.30. The first-order chi connectivity index (χ1) is 11.2. The lowest BCUT2D eigenvalue weighted by atomic mass is 10.2. The van der Waals surface area contributed by atoms with Crippen LogP contribution in [0.2, 0.25) is 0 Å². The highest BCUT2D eigenvalue weighted by atomic mass is 32.2. The van der Waals surface area contributed by atoms with E-state index < -0.39 is 0 Å². The van der Waals surface area contributed by atoms with Crippen molar-refractivity contribution < 1.29 is 9.53 Å². The van der Waals surface area contributed by atoms with Crippen molar-refractivity contribution in [2.24, 2.45) is 0 Å². The summed E-state index contributed by atoms with van der Waals surface area (Å²) in [6.45, 7) is 2.13. The van der Waals surface area contributed by atoms with Crippen LogP contribution in [-0.2, 0) is 10.5 Å². The fourth-order valence-corrected chi connectivity index (χ4v) is 3.77. The molecule has 2 aromatic rings. The lowest BCUT2D eigenvalue weighted by molar-refractivity contribution is 0.181. The van der Waals surface area contributed by atoms with Crippen LogP contribution < -0.4 is 5.56 Å². The molecule has 0 atom stereocenters. The molecule has 0 bridgehead atoms. The molecule has 1 aliphatic rings. The van der Waals surface area contributed by atoms with Crippen molar-refractivity contribution in [2.45, 2.75) is 44.4 Å². The number of para-hydroxylation sites is 1. The third kappa shape index (κ3) is 3.42. The van der Waals surface area contributed by atoms with Gasteiger partial charge in [-0.15, -0.1) is 0 Å². The monoisotopic (exact) mass is 332 g/mol. The van der Waals surface area contributed by atoms with Crippen molar-refractivity contribution in [1.29, 1.82) is 0 Å². The molecule has 0 saturated heterocycles. The lowest BCUT2D eigenvalue weighted by Gasteiger charge is -2.18. The SMILES string of the molecule is CCOC(=O)SCc1nc2ccccc2c(=O)n1C1CCCC1. The maximum absolute atomic E-state index is 12.9. The zero-order valence-corrected chi connectivity index (χ0v) is 14.0. The summed E-state index contributed by atoms with van der Waals surface area (Å²) in [6, 6.07) is 7.58. The average Bonchev–Trinajstić information content (AvgIpc) is 3.07. The molecule has 0 unspecified atom stereocenters. The number of fused-ring (bicyclic) bond motifs is 1. The minimum Gasteiger partial charge on any atom is -0.458 e. The Hall–Kier alpha value is -1.82. The van der Waals surface area contributed by atoms with E-state index in [9.17, 15) is 9.59 Å². The molecule has 0 aliphatic heterocycles. The van der Waals surface area contributed by atoms with E-state index in [0.717, 1.165) is 37.4 Å². The Bertz CT molecular complexity index is 766. The molecule has 6 heteroatoms. The van der Waals surface area contributed by atoms with Gasteiger partial charge in [0.05, 0.1) is 23.3 Å². The van der Waals surface area contributed by atoms with Gasteiger partial charge in [0, 0.05) is 6.04 Å². The first-order valence-electron chi connectivity index (χ1n) is 8.00. The van der Waals surface area contributed by atoms with Gasteiger partial charge in [0.25, 0.3) is 5.56 Å². The molecule has 1 saturated carbocycles. The molecule has 0 N–H and O–H groups in total. The zero-order chi connectivity index (χ0) is 16.2. The minimum atomic E-state index is -0.326. The van der Waals surface area contributed by atoms with Gasteiger partial charge in [-0.3, -0.25) is 9.36 Å². The highest BCUT2D eigenvalue weighted by molar-refractivity contribution is 8.12. The van der Waals surface area contributed by atoms with Gasteiger partial charge in [0.2, 0.25) is 0 Å². The van der Waals surface area contributed by atoms with E-state index in [1.807, 2.05) is 28.8 Å². The van der Waals surface area contributed by atoms with Gasteiger partial charge in [-0.1, -0.05) is 25.0 Å². The van der Waals surface area contributed by atoms with Crippen molar-refractivity contribution in [3.8, 4) is 0 Å². The van der Waals surface area contributed by atoms with Gasteiger partial charge in [-0.25, -0.2) is 9.78 Å². The van der Waals surface area contributed by atoms with Crippen LogP contribution in [0.5, 0.6) is 0 Å². The largest absolute Gasteiger partial charge is 0.458 e. The number of hydrogen-bond donors (Lipinski definition) is 0. The molecular formula is C17H20N2O3S. The number of rotatable bonds is 4. The number of hydrogen-bond acceptors (Lipinski definition) is 5. The lowest BCUT2D eigenvalue weighted by Crippen LogP contribution is -2.28. The second-order valence-corrected chi connectivity index (χ2v) is 6.54. The van der Waals surface area contributed by atoms with Crippen molar-refractivity contribution in [2.75, 3.05) is 6.61 Å². The standard InChI is InChI=1S/C17H20N2O3S/c1-2-22-17(21)23-11-15-18-14-10-6-5-9-13(14)16(20)19(15)12-7-3-4-8-12/h5-6,9-10,12H,2-4,7-8,11H2,1H3. The van der Waals surface area contributed by atoms with Gasteiger partial charge in [0.1, 0.15) is 5.82 Å². The first-order valence-corrected chi connectivity index (χ1v) is 8.99. The predicted octanol–water partition coefficient (Wildman–Crippen LogP) is 3.90. The summed E-state index contributed by atoms with van der Waals surface area (Å²) in [5.74, 6) is 1.02. The van der Waals surface area contributed by atoms with E-state index in [1.165, 1.54) is 0 Å². The van der Waals surface area contributed by atoms with Crippen molar-refractivity contribution in [3.63, 3.8) is 0 Å². The molecule has 1 aliphatic carbocycles. The molecule has 0 amide bonds. The van der Waals surface area contributed by atoms with Gasteiger partial charge in [-0.05, 0) is 43.7 Å². The Balaban J connectivity index is 2.01. The Labute approximate surface area is 139 Å². The summed E-state index contributed by atoms with van der Waals surface area (Å²) in [4.78, 5) is 29.2. The number of thioether (sulfide) groups is 1. The fourth-order valence-electron chi connectivity index (χ4n) is 3.12. The number of aromatic nitrogens is 2. The number of carbonyl (C=O) groups is 1. The van der Waals surface area contributed by atoms with E-state index in [4.69, 9.17) is 4.74 Å². The maximum Gasteiger partial charge on any atom is 0.367 e. The van der Waals surface area contributed by atoms with E-state index in [1.54, 1.807) is 6.92 Å². The van der Waals surface area contributed by atoms with E-state index in [-0.39, 0.29) is 16.9 Å². The minimum absolute atomic E-state index is 0.00181. The predicted molar refractivity (Wildman–Crippen MR) is 91.8 cm³/mol. The summed E-state index contributed by atoms with van der Waals surface area (Å²) in [5.41, 5.74) is 0.688. The number of carbonyl (C=O) groups excluding carboxylic acids is 1. The van der Waals surface area contributed by atoms with Crippen LogP contribution in [-0.4, -0.2) is 21.5 Å². The average molecular weight is 332 g/mol. The summed E-state index contributed by atoms with van der Waals surface area (Å²) >= 11 is 1.06. The van der Waals surface area contributed by atoms with Gasteiger partial charge in [-0.2, -0.15) is 0 Å². The van der Waals surface area contributed by atoms with Crippen LogP contribution in [0, 0.1) is 0 Å². The van der Waals surface area contributed by atoms with Crippen LogP contribution in [0.25, 0.3) is 10.9 Å². The van der Waals surface area contributed by atoms with Crippen LogP contribution in [0.15, 0.2) is 29.1 Å². The van der Waals surface area contributed by atoms with Crippen molar-refractivity contribution in [1.82, 2.24) is 9.55 Å². The topological polar surface area (TPSA) is 61.2 Å². The van der Waals surface area contributed by atoms with E-state index >= 15 is 0 Å². The molecule has 23 heavy (non-hydrogen) atoms. The summed E-state index contributed by atoms with van der Waals surface area (Å²) in [5, 5.41) is 0.317. The van der Waals surface area contributed by atoms with Crippen LogP contribution in [0.4, 0.5) is 4.79 Å².